The van der Waals surface area contributed by atoms with Crippen LogP contribution in [0.4, 0.5) is 10.1 Å². The number of anilines is 1. The Kier molecular flexibility index (Phi) is 6.44. The first-order valence-electron chi connectivity index (χ1n) is 9.20. The molecule has 1 saturated heterocycles. The van der Waals surface area contributed by atoms with Gasteiger partial charge in [0.2, 0.25) is 10.0 Å². The van der Waals surface area contributed by atoms with Gasteiger partial charge in [0.15, 0.2) is 0 Å². The fourth-order valence-electron chi connectivity index (χ4n) is 3.14. The maximum absolute atomic E-state index is 13.7. The van der Waals surface area contributed by atoms with E-state index in [9.17, 15) is 26.0 Å². The standard InChI is InChI=1S/C19H22FN3O5S2/c1-29(25,26)23-12-4-11-22(13-14-23)19(24)15-7-9-16(10-8-15)30(27,28)21-18-6-3-2-5-17(18)20/h2-3,5-10,21H,4,11-14H2,1H3. The molecule has 1 N–H and O–H groups in total. The van der Waals surface area contributed by atoms with Gasteiger partial charge < -0.3 is 4.90 Å². The van der Waals surface area contributed by atoms with E-state index in [2.05, 4.69) is 4.72 Å². The van der Waals surface area contributed by atoms with Crippen molar-refractivity contribution in [3.05, 3.63) is 59.9 Å². The van der Waals surface area contributed by atoms with Gasteiger partial charge in [-0.1, -0.05) is 12.1 Å². The van der Waals surface area contributed by atoms with Gasteiger partial charge >= 0.3 is 0 Å². The molecule has 3 rings (SSSR count). The van der Waals surface area contributed by atoms with Gasteiger partial charge in [0.25, 0.3) is 15.9 Å². The minimum atomic E-state index is -4.02. The van der Waals surface area contributed by atoms with Gasteiger partial charge in [-0.05, 0) is 42.8 Å². The number of carbonyl (C=O) groups excluding carboxylic acids is 1. The Bertz CT molecular complexity index is 1140. The van der Waals surface area contributed by atoms with Crippen molar-refractivity contribution in [1.82, 2.24) is 9.21 Å². The second-order valence-electron chi connectivity index (χ2n) is 6.92. The fourth-order valence-corrected chi connectivity index (χ4v) is 5.08. The predicted molar refractivity (Wildman–Crippen MR) is 111 cm³/mol. The van der Waals surface area contributed by atoms with Crippen LogP contribution in [0.2, 0.25) is 0 Å². The summed E-state index contributed by atoms with van der Waals surface area (Å²) in [5.74, 6) is -1.01. The molecule has 162 valence electrons. The second kappa shape index (κ2) is 8.70. The van der Waals surface area contributed by atoms with E-state index in [1.807, 2.05) is 0 Å². The Hall–Kier alpha value is -2.50. The van der Waals surface area contributed by atoms with Crippen LogP contribution in [-0.2, 0) is 20.0 Å². The van der Waals surface area contributed by atoms with Crippen LogP contribution in [0.25, 0.3) is 0 Å². The summed E-state index contributed by atoms with van der Waals surface area (Å²) in [6, 6.07) is 10.7. The van der Waals surface area contributed by atoms with Crippen LogP contribution in [0.3, 0.4) is 0 Å². The Morgan fingerprint density at radius 3 is 2.23 bits per heavy atom. The molecule has 1 aliphatic rings. The van der Waals surface area contributed by atoms with Crippen LogP contribution >= 0.6 is 0 Å². The summed E-state index contributed by atoms with van der Waals surface area (Å²) in [4.78, 5) is 14.2. The monoisotopic (exact) mass is 455 g/mol. The van der Waals surface area contributed by atoms with Crippen molar-refractivity contribution in [1.29, 1.82) is 0 Å². The highest BCUT2D eigenvalue weighted by Gasteiger charge is 2.25. The highest BCUT2D eigenvalue weighted by molar-refractivity contribution is 7.92. The van der Waals surface area contributed by atoms with E-state index >= 15 is 0 Å². The lowest BCUT2D eigenvalue weighted by molar-refractivity contribution is 0.0764. The van der Waals surface area contributed by atoms with Gasteiger partial charge in [0.1, 0.15) is 5.82 Å². The average molecular weight is 456 g/mol. The Morgan fingerprint density at radius 1 is 0.933 bits per heavy atom. The van der Waals surface area contributed by atoms with Gasteiger partial charge in [-0.25, -0.2) is 25.5 Å². The number of amides is 1. The molecule has 2 aromatic rings. The van der Waals surface area contributed by atoms with E-state index in [0.29, 0.717) is 19.5 Å². The summed E-state index contributed by atoms with van der Waals surface area (Å²) in [7, 11) is -7.34. The molecule has 1 fully saturated rings. The lowest BCUT2D eigenvalue weighted by Crippen LogP contribution is -2.36. The maximum atomic E-state index is 13.7. The van der Waals surface area contributed by atoms with Crippen molar-refractivity contribution in [3.8, 4) is 0 Å². The maximum Gasteiger partial charge on any atom is 0.261 e. The largest absolute Gasteiger partial charge is 0.337 e. The number of benzene rings is 2. The van der Waals surface area contributed by atoms with Gasteiger partial charge in [0, 0.05) is 31.7 Å². The molecule has 0 unspecified atom stereocenters. The molecule has 0 saturated carbocycles. The lowest BCUT2D eigenvalue weighted by atomic mass is 10.2. The number of rotatable bonds is 5. The summed E-state index contributed by atoms with van der Waals surface area (Å²) in [5.41, 5.74) is 0.116. The number of hydrogen-bond donors (Lipinski definition) is 1. The summed E-state index contributed by atoms with van der Waals surface area (Å²) >= 11 is 0. The van der Waals surface area contributed by atoms with Crippen molar-refractivity contribution in [2.24, 2.45) is 0 Å². The molecule has 1 heterocycles. The molecule has 0 aromatic heterocycles. The number of nitrogens with zero attached hydrogens (tertiary/aromatic N) is 2. The SMILES string of the molecule is CS(=O)(=O)N1CCCN(C(=O)c2ccc(S(=O)(=O)Nc3ccccc3F)cc2)CC1. The van der Waals surface area contributed by atoms with Crippen molar-refractivity contribution in [2.45, 2.75) is 11.3 Å². The number of halogens is 1. The van der Waals surface area contributed by atoms with Gasteiger partial charge in [0.05, 0.1) is 16.8 Å². The van der Waals surface area contributed by atoms with Crippen LogP contribution in [-0.4, -0.2) is 64.4 Å². The summed E-state index contributed by atoms with van der Waals surface area (Å²) in [5, 5.41) is 0. The van der Waals surface area contributed by atoms with E-state index in [1.165, 1.54) is 46.8 Å². The molecular weight excluding hydrogens is 433 g/mol. The van der Waals surface area contributed by atoms with Crippen LogP contribution < -0.4 is 4.72 Å². The minimum absolute atomic E-state index is 0.110. The molecule has 30 heavy (non-hydrogen) atoms. The zero-order valence-electron chi connectivity index (χ0n) is 16.3. The summed E-state index contributed by atoms with van der Waals surface area (Å²) < 4.78 is 65.6. The molecule has 0 aliphatic carbocycles. The van der Waals surface area contributed by atoms with Gasteiger partial charge in [-0.3, -0.25) is 9.52 Å². The van der Waals surface area contributed by atoms with Crippen LogP contribution in [0.1, 0.15) is 16.8 Å². The lowest BCUT2D eigenvalue weighted by Gasteiger charge is -2.21. The molecule has 2 aromatic carbocycles. The average Bonchev–Trinajstić information content (AvgIpc) is 2.95. The van der Waals surface area contributed by atoms with Gasteiger partial charge in [-0.2, -0.15) is 0 Å². The van der Waals surface area contributed by atoms with Crippen molar-refractivity contribution in [3.63, 3.8) is 0 Å². The van der Waals surface area contributed by atoms with Crippen molar-refractivity contribution >= 4 is 31.6 Å². The highest BCUT2D eigenvalue weighted by atomic mass is 32.2. The third-order valence-corrected chi connectivity index (χ3v) is 7.43. The van der Waals surface area contributed by atoms with Crippen LogP contribution in [0.15, 0.2) is 53.4 Å². The van der Waals surface area contributed by atoms with Crippen molar-refractivity contribution in [2.75, 3.05) is 37.2 Å². The first kappa shape index (κ1) is 22.2. The Balaban J connectivity index is 1.72. The second-order valence-corrected chi connectivity index (χ2v) is 10.6. The molecule has 0 radical (unpaired) electrons. The quantitative estimate of drug-likeness (QED) is 0.740. The third-order valence-electron chi connectivity index (χ3n) is 4.74. The molecule has 0 spiro atoms. The van der Waals surface area contributed by atoms with E-state index in [1.54, 1.807) is 4.90 Å². The molecular formula is C19H22FN3O5S2. The highest BCUT2D eigenvalue weighted by Crippen LogP contribution is 2.20. The number of carbonyl (C=O) groups is 1. The zero-order valence-corrected chi connectivity index (χ0v) is 17.9. The summed E-state index contributed by atoms with van der Waals surface area (Å²) in [6.45, 7) is 1.21. The summed E-state index contributed by atoms with van der Waals surface area (Å²) in [6.07, 6.45) is 1.65. The number of sulfonamides is 2. The molecule has 0 atom stereocenters. The molecule has 8 nitrogen and oxygen atoms in total. The number of para-hydroxylation sites is 1. The van der Waals surface area contributed by atoms with E-state index < -0.39 is 25.9 Å². The first-order valence-corrected chi connectivity index (χ1v) is 12.5. The number of hydrogen-bond acceptors (Lipinski definition) is 5. The van der Waals surface area contributed by atoms with E-state index in [4.69, 9.17) is 0 Å². The Labute approximate surface area is 175 Å². The van der Waals surface area contributed by atoms with Crippen LogP contribution in [0.5, 0.6) is 0 Å². The molecule has 1 amide bonds. The normalized spacial score (nSPS) is 16.1. The molecule has 1 aliphatic heterocycles. The van der Waals surface area contributed by atoms with E-state index in [0.717, 1.165) is 12.3 Å². The molecule has 0 bridgehead atoms. The number of nitrogens with one attached hydrogen (secondary N) is 1. The third kappa shape index (κ3) is 5.15. The predicted octanol–water partition coefficient (Wildman–Crippen LogP) is 1.73. The van der Waals surface area contributed by atoms with Gasteiger partial charge in [-0.15, -0.1) is 0 Å². The van der Waals surface area contributed by atoms with E-state index in [-0.39, 0.29) is 35.1 Å². The smallest absolute Gasteiger partial charge is 0.261 e. The first-order chi connectivity index (χ1) is 14.1. The molecule has 11 heteroatoms. The Morgan fingerprint density at radius 2 is 1.60 bits per heavy atom. The minimum Gasteiger partial charge on any atom is -0.337 e. The zero-order chi connectivity index (χ0) is 21.9. The fraction of sp³-hybridized carbons (Fsp3) is 0.316. The van der Waals surface area contributed by atoms with Crippen molar-refractivity contribution < 1.29 is 26.0 Å². The van der Waals surface area contributed by atoms with Crippen LogP contribution in [0, 0.1) is 5.82 Å². The topological polar surface area (TPSA) is 104 Å².